The van der Waals surface area contributed by atoms with Crippen molar-refractivity contribution in [2.24, 2.45) is 0 Å². The molecule has 0 unspecified atom stereocenters. The number of piperazine rings is 1. The van der Waals surface area contributed by atoms with Gasteiger partial charge >= 0.3 is 0 Å². The number of aromatic amines is 1. The number of hydrogen-bond donors (Lipinski definition) is 2. The van der Waals surface area contributed by atoms with E-state index in [2.05, 4.69) is 63.5 Å². The summed E-state index contributed by atoms with van der Waals surface area (Å²) in [7, 11) is 0. The first-order valence-corrected chi connectivity index (χ1v) is 8.45. The molecule has 21 heavy (non-hydrogen) atoms. The van der Waals surface area contributed by atoms with Crippen LogP contribution < -0.4 is 14.8 Å². The fourth-order valence-corrected chi connectivity index (χ4v) is 3.52. The van der Waals surface area contributed by atoms with Crippen molar-refractivity contribution in [3.05, 3.63) is 64.4 Å². The molecule has 1 aromatic heterocycles. The van der Waals surface area contributed by atoms with E-state index in [1.54, 1.807) is 9.80 Å². The summed E-state index contributed by atoms with van der Waals surface area (Å²) in [6, 6.07) is 13.0. The highest BCUT2D eigenvalue weighted by Gasteiger charge is 2.23. The Morgan fingerprint density at radius 3 is 2.19 bits per heavy atom. The monoisotopic (exact) mass is 348 g/mol. The molecule has 0 atom stereocenters. The molecule has 1 aromatic carbocycles. The summed E-state index contributed by atoms with van der Waals surface area (Å²) in [5.41, 5.74) is 2.84. The third kappa shape index (κ3) is 4.37. The molecule has 0 aliphatic carbocycles. The van der Waals surface area contributed by atoms with Gasteiger partial charge in [-0.2, -0.15) is 0 Å². The van der Waals surface area contributed by atoms with Crippen molar-refractivity contribution in [3.63, 3.8) is 0 Å². The Bertz CT molecular complexity index is 565. The van der Waals surface area contributed by atoms with Crippen molar-refractivity contribution in [1.82, 2.24) is 0 Å². The number of aromatic nitrogens is 1. The molecule has 4 heteroatoms. The average molecular weight is 349 g/mol. The molecular weight excluding hydrogens is 326 g/mol. The van der Waals surface area contributed by atoms with Crippen LogP contribution in [-0.2, 0) is 13.1 Å². The lowest BCUT2D eigenvalue weighted by Gasteiger charge is -2.29. The average Bonchev–Trinajstić information content (AvgIpc) is 2.50. The minimum absolute atomic E-state index is 1.14. The second-order valence-electron chi connectivity index (χ2n) is 5.90. The smallest absolute Gasteiger partial charge is 0.175 e. The molecule has 110 valence electrons. The highest BCUT2D eigenvalue weighted by atomic mass is 79.9. The molecule has 2 aromatic rings. The van der Waals surface area contributed by atoms with Crippen LogP contribution in [-0.4, -0.2) is 26.2 Å². The Morgan fingerprint density at radius 1 is 0.905 bits per heavy atom. The topological polar surface area (TPSA) is 23.0 Å². The summed E-state index contributed by atoms with van der Waals surface area (Å²) in [6.07, 6.45) is 4.09. The Labute approximate surface area is 134 Å². The van der Waals surface area contributed by atoms with Gasteiger partial charge in [0.25, 0.3) is 0 Å². The van der Waals surface area contributed by atoms with Crippen molar-refractivity contribution >= 4 is 15.9 Å². The second-order valence-corrected chi connectivity index (χ2v) is 6.81. The molecule has 1 aliphatic rings. The van der Waals surface area contributed by atoms with E-state index < -0.39 is 0 Å². The lowest BCUT2D eigenvalue weighted by molar-refractivity contribution is -1.02. The number of nitrogens with one attached hydrogen (secondary N) is 3. The lowest BCUT2D eigenvalue weighted by Crippen LogP contribution is -3.27. The Hall–Kier alpha value is -1.23. The summed E-state index contributed by atoms with van der Waals surface area (Å²) in [5.74, 6) is 0. The van der Waals surface area contributed by atoms with Crippen molar-refractivity contribution in [1.29, 1.82) is 0 Å². The summed E-state index contributed by atoms with van der Waals surface area (Å²) in [6.45, 7) is 7.33. The normalized spacial score (nSPS) is 22.1. The molecule has 1 aliphatic heterocycles. The maximum Gasteiger partial charge on any atom is 0.175 e. The maximum atomic E-state index is 3.56. The van der Waals surface area contributed by atoms with Gasteiger partial charge < -0.3 is 9.80 Å². The summed E-state index contributed by atoms with van der Waals surface area (Å²) in [5, 5.41) is 0. The van der Waals surface area contributed by atoms with E-state index in [-0.39, 0.29) is 0 Å². The maximum absolute atomic E-state index is 3.56. The molecule has 3 N–H and O–H groups in total. The van der Waals surface area contributed by atoms with Crippen LogP contribution in [0, 0.1) is 0 Å². The number of hydrogen-bond acceptors (Lipinski definition) is 0. The number of H-pyrrole nitrogens is 1. The van der Waals surface area contributed by atoms with Gasteiger partial charge in [0.15, 0.2) is 12.4 Å². The molecule has 3 nitrogen and oxygen atoms in total. The first-order chi connectivity index (χ1) is 10.3. The van der Waals surface area contributed by atoms with E-state index in [0.29, 0.717) is 0 Å². The largest absolute Gasteiger partial charge is 0.322 e. The van der Waals surface area contributed by atoms with E-state index in [9.17, 15) is 0 Å². The van der Waals surface area contributed by atoms with E-state index >= 15 is 0 Å². The number of halogens is 1. The predicted octanol–water partition coefficient (Wildman–Crippen LogP) is -0.253. The van der Waals surface area contributed by atoms with Crippen LogP contribution in [0.4, 0.5) is 0 Å². The first-order valence-electron chi connectivity index (χ1n) is 7.66. The van der Waals surface area contributed by atoms with Gasteiger partial charge in [-0.3, -0.25) is 0 Å². The van der Waals surface area contributed by atoms with E-state index in [1.165, 1.54) is 41.8 Å². The van der Waals surface area contributed by atoms with Gasteiger partial charge in [0.1, 0.15) is 39.3 Å². The summed E-state index contributed by atoms with van der Waals surface area (Å²) in [4.78, 5) is 6.58. The molecule has 0 radical (unpaired) electrons. The molecular formula is C17H23BrN3+3. The van der Waals surface area contributed by atoms with E-state index in [4.69, 9.17) is 0 Å². The van der Waals surface area contributed by atoms with Crippen LogP contribution in [0.3, 0.4) is 0 Å². The van der Waals surface area contributed by atoms with Crippen LogP contribution in [0.2, 0.25) is 0 Å². The number of benzene rings is 1. The highest BCUT2D eigenvalue weighted by Crippen LogP contribution is 2.10. The summed E-state index contributed by atoms with van der Waals surface area (Å²) < 4.78 is 1.18. The summed E-state index contributed by atoms with van der Waals surface area (Å²) >= 11 is 3.56. The molecule has 0 saturated carbocycles. The second kappa shape index (κ2) is 7.16. The van der Waals surface area contributed by atoms with Gasteiger partial charge in [-0.1, -0.05) is 28.1 Å². The third-order valence-corrected chi connectivity index (χ3v) is 4.73. The van der Waals surface area contributed by atoms with Crippen LogP contribution in [0.1, 0.15) is 11.1 Å². The fourth-order valence-electron chi connectivity index (χ4n) is 3.08. The van der Waals surface area contributed by atoms with Crippen molar-refractivity contribution < 1.29 is 14.8 Å². The quantitative estimate of drug-likeness (QED) is 0.761. The van der Waals surface area contributed by atoms with Gasteiger partial charge in [0.05, 0.1) is 5.56 Å². The van der Waals surface area contributed by atoms with Crippen molar-refractivity contribution in [2.45, 2.75) is 13.1 Å². The Balaban J connectivity index is 1.49. The van der Waals surface area contributed by atoms with Gasteiger partial charge in [-0.05, 0) is 18.2 Å². The van der Waals surface area contributed by atoms with Gasteiger partial charge in [-0.15, -0.1) is 0 Å². The Morgan fingerprint density at radius 2 is 1.57 bits per heavy atom. The predicted molar refractivity (Wildman–Crippen MR) is 85.9 cm³/mol. The zero-order valence-electron chi connectivity index (χ0n) is 12.2. The minimum Gasteiger partial charge on any atom is -0.322 e. The number of rotatable bonds is 4. The SMILES string of the molecule is Brc1cccc(C[NH+]2CC[NH+](Cc3ccc[nH+]c3)CC2)c1. The van der Waals surface area contributed by atoms with Gasteiger partial charge in [0, 0.05) is 16.1 Å². The van der Waals surface area contributed by atoms with Crippen molar-refractivity contribution in [2.75, 3.05) is 26.2 Å². The molecule has 0 spiro atoms. The minimum atomic E-state index is 1.14. The zero-order valence-corrected chi connectivity index (χ0v) is 13.8. The zero-order chi connectivity index (χ0) is 14.5. The molecule has 3 rings (SSSR count). The van der Waals surface area contributed by atoms with Gasteiger partial charge in [-0.25, -0.2) is 4.98 Å². The van der Waals surface area contributed by atoms with Crippen LogP contribution in [0.25, 0.3) is 0 Å². The third-order valence-electron chi connectivity index (χ3n) is 4.23. The number of quaternary nitrogens is 2. The lowest BCUT2D eigenvalue weighted by atomic mass is 10.2. The standard InChI is InChI=1S/C17H20BrN3/c18-17-5-1-3-15(11-17)13-20-7-9-21(10-8-20)14-16-4-2-6-19-12-16/h1-6,11-12H,7-10,13-14H2/p+3. The van der Waals surface area contributed by atoms with Crippen LogP contribution in [0.15, 0.2) is 53.3 Å². The van der Waals surface area contributed by atoms with Crippen LogP contribution >= 0.6 is 15.9 Å². The fraction of sp³-hybridized carbons (Fsp3) is 0.353. The van der Waals surface area contributed by atoms with Crippen molar-refractivity contribution in [3.8, 4) is 0 Å². The Kier molecular flexibility index (Phi) is 5.01. The van der Waals surface area contributed by atoms with E-state index in [1.807, 2.05) is 6.20 Å². The van der Waals surface area contributed by atoms with E-state index in [0.717, 1.165) is 13.1 Å². The van der Waals surface area contributed by atoms with Gasteiger partial charge in [0.2, 0.25) is 0 Å². The molecule has 0 amide bonds. The molecule has 0 bridgehead atoms. The highest BCUT2D eigenvalue weighted by molar-refractivity contribution is 9.10. The molecule has 1 saturated heterocycles. The molecule has 2 heterocycles. The molecule has 1 fully saturated rings. The first kappa shape index (κ1) is 14.7. The number of pyridine rings is 1. The van der Waals surface area contributed by atoms with Crippen LogP contribution in [0.5, 0.6) is 0 Å².